The Morgan fingerprint density at radius 3 is 2.14 bits per heavy atom. The molecule has 0 radical (unpaired) electrons. The van der Waals surface area contributed by atoms with Gasteiger partial charge in [-0.15, -0.1) is 0 Å². The standard InChI is InChI=1S/C17H19NO3S/c1-13(2)22(20,21)16-10-8-15(9-11-16)17(19)18-12-14-6-4-3-5-7-14/h3-11,13H,12H2,1-2H3,(H,18,19). The molecule has 0 fully saturated rings. The number of amides is 1. The lowest BCUT2D eigenvalue weighted by molar-refractivity contribution is 0.0951. The van der Waals surface area contributed by atoms with Crippen LogP contribution in [-0.4, -0.2) is 19.6 Å². The van der Waals surface area contributed by atoms with Crippen molar-refractivity contribution in [2.75, 3.05) is 0 Å². The fourth-order valence-electron chi connectivity index (χ4n) is 1.95. The highest BCUT2D eigenvalue weighted by atomic mass is 32.2. The third-order valence-corrected chi connectivity index (χ3v) is 5.53. The van der Waals surface area contributed by atoms with Gasteiger partial charge in [-0.2, -0.15) is 0 Å². The molecule has 0 bridgehead atoms. The van der Waals surface area contributed by atoms with Crippen molar-refractivity contribution in [1.29, 1.82) is 0 Å². The van der Waals surface area contributed by atoms with Crippen molar-refractivity contribution in [2.24, 2.45) is 0 Å². The predicted octanol–water partition coefficient (Wildman–Crippen LogP) is 2.80. The van der Waals surface area contributed by atoms with Gasteiger partial charge in [-0.3, -0.25) is 4.79 Å². The van der Waals surface area contributed by atoms with Gasteiger partial charge in [-0.1, -0.05) is 30.3 Å². The SMILES string of the molecule is CC(C)S(=O)(=O)c1ccc(C(=O)NCc2ccccc2)cc1. The van der Waals surface area contributed by atoms with Crippen LogP contribution in [0.5, 0.6) is 0 Å². The van der Waals surface area contributed by atoms with Crippen molar-refractivity contribution in [2.45, 2.75) is 30.5 Å². The highest BCUT2D eigenvalue weighted by Gasteiger charge is 2.19. The molecule has 1 amide bonds. The van der Waals surface area contributed by atoms with E-state index in [0.29, 0.717) is 12.1 Å². The lowest BCUT2D eigenvalue weighted by Gasteiger charge is -2.09. The summed E-state index contributed by atoms with van der Waals surface area (Å²) in [6.45, 7) is 3.71. The molecule has 2 aromatic rings. The first-order valence-corrected chi connectivity index (χ1v) is 8.62. The second-order valence-corrected chi connectivity index (χ2v) is 7.79. The zero-order valence-corrected chi connectivity index (χ0v) is 13.4. The minimum Gasteiger partial charge on any atom is -0.348 e. The van der Waals surface area contributed by atoms with Gasteiger partial charge in [-0.05, 0) is 43.7 Å². The van der Waals surface area contributed by atoms with Gasteiger partial charge in [0.2, 0.25) is 0 Å². The molecule has 0 aliphatic rings. The van der Waals surface area contributed by atoms with Gasteiger partial charge < -0.3 is 5.32 Å². The van der Waals surface area contributed by atoms with Crippen molar-refractivity contribution in [1.82, 2.24) is 5.32 Å². The maximum Gasteiger partial charge on any atom is 0.251 e. The van der Waals surface area contributed by atoms with Gasteiger partial charge in [0.1, 0.15) is 0 Å². The third-order valence-electron chi connectivity index (χ3n) is 3.36. The molecular weight excluding hydrogens is 298 g/mol. The van der Waals surface area contributed by atoms with Gasteiger partial charge in [0.05, 0.1) is 10.1 Å². The quantitative estimate of drug-likeness (QED) is 0.922. The van der Waals surface area contributed by atoms with Crippen molar-refractivity contribution >= 4 is 15.7 Å². The van der Waals surface area contributed by atoms with Crippen molar-refractivity contribution < 1.29 is 13.2 Å². The number of rotatable bonds is 5. The van der Waals surface area contributed by atoms with Crippen molar-refractivity contribution in [3.8, 4) is 0 Å². The largest absolute Gasteiger partial charge is 0.348 e. The summed E-state index contributed by atoms with van der Waals surface area (Å²) >= 11 is 0. The molecule has 22 heavy (non-hydrogen) atoms. The second kappa shape index (κ2) is 6.75. The van der Waals surface area contributed by atoms with Gasteiger partial charge >= 0.3 is 0 Å². The van der Waals surface area contributed by atoms with Crippen LogP contribution in [0.2, 0.25) is 0 Å². The molecule has 2 aromatic carbocycles. The zero-order valence-electron chi connectivity index (χ0n) is 12.6. The summed E-state index contributed by atoms with van der Waals surface area (Å²) in [5.74, 6) is -0.225. The van der Waals surface area contributed by atoms with Gasteiger partial charge in [0.15, 0.2) is 9.84 Å². The van der Waals surface area contributed by atoms with Crippen LogP contribution in [0.3, 0.4) is 0 Å². The summed E-state index contributed by atoms with van der Waals surface area (Å²) in [6, 6.07) is 15.6. The Kier molecular flexibility index (Phi) is 4.98. The predicted molar refractivity (Wildman–Crippen MR) is 86.4 cm³/mol. The van der Waals surface area contributed by atoms with Crippen molar-refractivity contribution in [3.63, 3.8) is 0 Å². The first-order chi connectivity index (χ1) is 10.4. The molecule has 0 aliphatic carbocycles. The first kappa shape index (κ1) is 16.2. The van der Waals surface area contributed by atoms with E-state index in [9.17, 15) is 13.2 Å². The third kappa shape index (κ3) is 3.74. The van der Waals surface area contributed by atoms with E-state index in [1.807, 2.05) is 30.3 Å². The average Bonchev–Trinajstić information content (AvgIpc) is 2.53. The molecule has 0 saturated carbocycles. The smallest absolute Gasteiger partial charge is 0.251 e. The van der Waals surface area contributed by atoms with E-state index in [4.69, 9.17) is 0 Å². The van der Waals surface area contributed by atoms with E-state index in [-0.39, 0.29) is 10.8 Å². The molecule has 0 saturated heterocycles. The Hall–Kier alpha value is -2.14. The molecule has 0 aromatic heterocycles. The van der Waals surface area contributed by atoms with Crippen LogP contribution in [-0.2, 0) is 16.4 Å². The molecule has 116 valence electrons. The lowest BCUT2D eigenvalue weighted by Crippen LogP contribution is -2.23. The topological polar surface area (TPSA) is 63.2 Å². The zero-order chi connectivity index (χ0) is 16.2. The number of carbonyl (C=O) groups is 1. The molecular formula is C17H19NO3S. The molecule has 1 N–H and O–H groups in total. The van der Waals surface area contributed by atoms with E-state index in [0.717, 1.165) is 5.56 Å². The minimum atomic E-state index is -3.31. The molecule has 0 unspecified atom stereocenters. The number of sulfone groups is 1. The van der Waals surface area contributed by atoms with Crippen LogP contribution in [0, 0.1) is 0 Å². The van der Waals surface area contributed by atoms with Gasteiger partial charge in [0, 0.05) is 12.1 Å². The normalized spacial score (nSPS) is 11.4. The van der Waals surface area contributed by atoms with E-state index < -0.39 is 15.1 Å². The van der Waals surface area contributed by atoms with Crippen molar-refractivity contribution in [3.05, 3.63) is 65.7 Å². The van der Waals surface area contributed by atoms with E-state index in [2.05, 4.69) is 5.32 Å². The maximum atomic E-state index is 12.1. The number of nitrogens with one attached hydrogen (secondary N) is 1. The van der Waals surface area contributed by atoms with Gasteiger partial charge in [0.25, 0.3) is 5.91 Å². The molecule has 0 aliphatic heterocycles. The Bertz CT molecular complexity index is 735. The summed E-state index contributed by atoms with van der Waals surface area (Å²) in [6.07, 6.45) is 0. The Morgan fingerprint density at radius 2 is 1.59 bits per heavy atom. The molecule has 2 rings (SSSR count). The number of carbonyl (C=O) groups excluding carboxylic acids is 1. The van der Waals surface area contributed by atoms with Crippen LogP contribution in [0.15, 0.2) is 59.5 Å². The van der Waals surface area contributed by atoms with E-state index in [1.165, 1.54) is 24.3 Å². The number of benzene rings is 2. The van der Waals surface area contributed by atoms with Crippen LogP contribution in [0.25, 0.3) is 0 Å². The summed E-state index contributed by atoms with van der Waals surface area (Å²) in [7, 11) is -3.31. The van der Waals surface area contributed by atoms with Gasteiger partial charge in [-0.25, -0.2) is 8.42 Å². The van der Waals surface area contributed by atoms with Crippen LogP contribution in [0.1, 0.15) is 29.8 Å². The van der Waals surface area contributed by atoms with Crippen LogP contribution >= 0.6 is 0 Å². The van der Waals surface area contributed by atoms with E-state index >= 15 is 0 Å². The summed E-state index contributed by atoms with van der Waals surface area (Å²) in [4.78, 5) is 12.3. The average molecular weight is 317 g/mol. The molecule has 0 atom stereocenters. The summed E-state index contributed by atoms with van der Waals surface area (Å²) < 4.78 is 24.0. The summed E-state index contributed by atoms with van der Waals surface area (Å²) in [5, 5.41) is 2.33. The fraction of sp³-hybridized carbons (Fsp3) is 0.235. The lowest BCUT2D eigenvalue weighted by atomic mass is 10.2. The molecule has 5 heteroatoms. The molecule has 4 nitrogen and oxygen atoms in total. The van der Waals surface area contributed by atoms with Crippen LogP contribution < -0.4 is 5.32 Å². The molecule has 0 heterocycles. The molecule has 0 spiro atoms. The minimum absolute atomic E-state index is 0.225. The fourth-order valence-corrected chi connectivity index (χ4v) is 3.01. The Morgan fingerprint density at radius 1 is 1.00 bits per heavy atom. The number of hydrogen-bond acceptors (Lipinski definition) is 3. The monoisotopic (exact) mass is 317 g/mol. The maximum absolute atomic E-state index is 12.1. The summed E-state index contributed by atoms with van der Waals surface area (Å²) in [5.41, 5.74) is 1.45. The van der Waals surface area contributed by atoms with E-state index in [1.54, 1.807) is 13.8 Å². The highest BCUT2D eigenvalue weighted by molar-refractivity contribution is 7.92. The first-order valence-electron chi connectivity index (χ1n) is 7.07. The Labute approximate surface area is 131 Å². The van der Waals surface area contributed by atoms with Crippen LogP contribution in [0.4, 0.5) is 0 Å². The number of hydrogen-bond donors (Lipinski definition) is 1. The Balaban J connectivity index is 2.06. The highest BCUT2D eigenvalue weighted by Crippen LogP contribution is 2.16. The second-order valence-electron chi connectivity index (χ2n) is 5.29.